The number of carbonyl (C=O) groups is 1. The Morgan fingerprint density at radius 2 is 1.67 bits per heavy atom. The van der Waals surface area contributed by atoms with Gasteiger partial charge < -0.3 is 14.2 Å². The molecule has 0 unspecified atom stereocenters. The molecule has 2 N–H and O–H groups in total. The minimum Gasteiger partial charge on any atom is -0.497 e. The largest absolute Gasteiger partial charge is 0.497 e. The number of anilines is 1. The monoisotopic (exact) mass is 434 g/mol. The average molecular weight is 435 g/mol. The first-order valence-corrected chi connectivity index (χ1v) is 11.0. The van der Waals surface area contributed by atoms with Crippen LogP contribution in [0.25, 0.3) is 0 Å². The summed E-state index contributed by atoms with van der Waals surface area (Å²) in [5.41, 5.74) is 1.14. The van der Waals surface area contributed by atoms with E-state index < -0.39 is 16.1 Å². The predicted octanol–water partition coefficient (Wildman–Crippen LogP) is 2.90. The molecule has 9 heteroatoms. The highest BCUT2D eigenvalue weighted by molar-refractivity contribution is 7.89. The van der Waals surface area contributed by atoms with Crippen LogP contribution in [0.15, 0.2) is 53.4 Å². The number of methoxy groups -OCH3 is 2. The molecule has 0 bridgehead atoms. The third-order valence-electron chi connectivity index (χ3n) is 5.35. The lowest BCUT2D eigenvalue weighted by molar-refractivity contribution is 0.0517. The van der Waals surface area contributed by atoms with Gasteiger partial charge in [0.2, 0.25) is 10.0 Å². The molecule has 0 saturated carbocycles. The van der Waals surface area contributed by atoms with Gasteiger partial charge in [-0.25, -0.2) is 17.9 Å². The lowest BCUT2D eigenvalue weighted by Gasteiger charge is -2.38. The fourth-order valence-electron chi connectivity index (χ4n) is 3.48. The minimum atomic E-state index is -3.73. The Hall–Kier alpha value is -2.62. The molecule has 0 aliphatic carbocycles. The number of benzene rings is 2. The summed E-state index contributed by atoms with van der Waals surface area (Å²) in [6, 6.07) is 13.6. The molecule has 162 valence electrons. The van der Waals surface area contributed by atoms with Crippen LogP contribution in [-0.4, -0.2) is 48.5 Å². The molecule has 1 aliphatic heterocycles. The molecule has 0 spiro atoms. The van der Waals surface area contributed by atoms with Gasteiger partial charge in [-0.1, -0.05) is 12.1 Å². The summed E-state index contributed by atoms with van der Waals surface area (Å²) in [7, 11) is -0.861. The number of sulfonamides is 1. The van der Waals surface area contributed by atoms with Crippen molar-refractivity contribution in [3.05, 3.63) is 54.1 Å². The molecule has 1 fully saturated rings. The summed E-state index contributed by atoms with van der Waals surface area (Å²) in [4.78, 5) is 11.4. The van der Waals surface area contributed by atoms with Gasteiger partial charge in [-0.05, 0) is 54.8 Å². The Balaban J connectivity index is 1.76. The second kappa shape index (κ2) is 9.46. The van der Waals surface area contributed by atoms with Gasteiger partial charge in [0.1, 0.15) is 5.75 Å². The molecule has 2 aromatic carbocycles. The first kappa shape index (κ1) is 22.1. The van der Waals surface area contributed by atoms with Crippen LogP contribution >= 0.6 is 0 Å². The Kier molecular flexibility index (Phi) is 6.96. The minimum absolute atomic E-state index is 0.120. The van der Waals surface area contributed by atoms with Crippen LogP contribution in [0.5, 0.6) is 5.75 Å². The highest BCUT2D eigenvalue weighted by atomic mass is 32.2. The number of hydrogen-bond donors (Lipinski definition) is 2. The Morgan fingerprint density at radius 3 is 2.23 bits per heavy atom. The van der Waals surface area contributed by atoms with Gasteiger partial charge in [-0.3, -0.25) is 5.32 Å². The van der Waals surface area contributed by atoms with Gasteiger partial charge in [0, 0.05) is 30.9 Å². The van der Waals surface area contributed by atoms with E-state index in [2.05, 4.69) is 14.8 Å². The van der Waals surface area contributed by atoms with Crippen molar-refractivity contribution in [2.24, 2.45) is 0 Å². The topological polar surface area (TPSA) is 103 Å². The van der Waals surface area contributed by atoms with Crippen LogP contribution in [0.1, 0.15) is 18.4 Å². The van der Waals surface area contributed by atoms with E-state index in [1.807, 2.05) is 24.3 Å². The molecule has 1 heterocycles. The third-order valence-corrected chi connectivity index (χ3v) is 6.77. The molecule has 3 rings (SSSR count). The van der Waals surface area contributed by atoms with E-state index in [-0.39, 0.29) is 16.9 Å². The van der Waals surface area contributed by atoms with E-state index in [0.29, 0.717) is 31.7 Å². The van der Waals surface area contributed by atoms with E-state index in [9.17, 15) is 13.2 Å². The normalized spacial score (nSPS) is 15.9. The fraction of sp³-hybridized carbons (Fsp3) is 0.381. The Labute approximate surface area is 176 Å². The molecule has 0 aromatic heterocycles. The molecule has 30 heavy (non-hydrogen) atoms. The van der Waals surface area contributed by atoms with Crippen LogP contribution in [0.4, 0.5) is 10.5 Å². The molecule has 0 atom stereocenters. The second-order valence-electron chi connectivity index (χ2n) is 7.09. The first-order valence-electron chi connectivity index (χ1n) is 9.55. The van der Waals surface area contributed by atoms with Gasteiger partial charge in [-0.2, -0.15) is 0 Å². The summed E-state index contributed by atoms with van der Waals surface area (Å²) in [6.07, 6.45) is 0.804. The number of carbonyl (C=O) groups excluding carboxylic acids is 1. The summed E-state index contributed by atoms with van der Waals surface area (Å²) in [5.74, 6) is 0.752. The summed E-state index contributed by atoms with van der Waals surface area (Å²) >= 11 is 0. The molecule has 2 aromatic rings. The van der Waals surface area contributed by atoms with Crippen LogP contribution in [0.3, 0.4) is 0 Å². The number of ether oxygens (including phenoxy) is 3. The zero-order chi connectivity index (χ0) is 21.6. The zero-order valence-corrected chi connectivity index (χ0v) is 17.8. The molecule has 1 saturated heterocycles. The highest BCUT2D eigenvalue weighted by Crippen LogP contribution is 2.35. The van der Waals surface area contributed by atoms with E-state index in [1.54, 1.807) is 7.11 Å². The summed E-state index contributed by atoms with van der Waals surface area (Å²) < 4.78 is 43.8. The number of hydrogen-bond acceptors (Lipinski definition) is 6. The van der Waals surface area contributed by atoms with Crippen molar-refractivity contribution in [3.63, 3.8) is 0 Å². The standard InChI is InChI=1S/C21H26N2O6S/c1-27-18-7-3-16(4-8-18)21(11-13-29-14-12-21)15-22-30(25,26)19-9-5-17(6-10-19)23-20(24)28-2/h3-10,22H,11-15H2,1-2H3,(H,23,24). The average Bonchev–Trinajstić information content (AvgIpc) is 2.79. The van der Waals surface area contributed by atoms with Gasteiger partial charge in [-0.15, -0.1) is 0 Å². The van der Waals surface area contributed by atoms with Crippen LogP contribution in [-0.2, 0) is 24.9 Å². The van der Waals surface area contributed by atoms with Gasteiger partial charge in [0.25, 0.3) is 0 Å². The Morgan fingerprint density at radius 1 is 1.03 bits per heavy atom. The Bertz CT molecular complexity index is 952. The van der Waals surface area contributed by atoms with Gasteiger partial charge >= 0.3 is 6.09 Å². The lowest BCUT2D eigenvalue weighted by Crippen LogP contribution is -2.44. The molecule has 0 radical (unpaired) electrons. The SMILES string of the molecule is COC(=O)Nc1ccc(S(=O)(=O)NCC2(c3ccc(OC)cc3)CCOCC2)cc1. The van der Waals surface area contributed by atoms with Gasteiger partial charge in [0.15, 0.2) is 0 Å². The maximum absolute atomic E-state index is 12.9. The molecule has 1 aliphatic rings. The van der Waals surface area contributed by atoms with Crippen LogP contribution in [0, 0.1) is 0 Å². The van der Waals surface area contributed by atoms with E-state index in [0.717, 1.165) is 11.3 Å². The quantitative estimate of drug-likeness (QED) is 0.695. The number of amides is 1. The van der Waals surface area contributed by atoms with Crippen molar-refractivity contribution >= 4 is 21.8 Å². The predicted molar refractivity (Wildman–Crippen MR) is 112 cm³/mol. The molecule has 8 nitrogen and oxygen atoms in total. The van der Waals surface area contributed by atoms with Crippen LogP contribution < -0.4 is 14.8 Å². The van der Waals surface area contributed by atoms with Crippen molar-refractivity contribution in [1.29, 1.82) is 0 Å². The van der Waals surface area contributed by atoms with E-state index >= 15 is 0 Å². The smallest absolute Gasteiger partial charge is 0.411 e. The lowest BCUT2D eigenvalue weighted by atomic mass is 9.74. The molecule has 1 amide bonds. The number of rotatable bonds is 7. The van der Waals surface area contributed by atoms with E-state index in [4.69, 9.17) is 9.47 Å². The molecular weight excluding hydrogens is 408 g/mol. The summed E-state index contributed by atoms with van der Waals surface area (Å²) in [6.45, 7) is 1.40. The number of nitrogens with one attached hydrogen (secondary N) is 2. The zero-order valence-electron chi connectivity index (χ0n) is 17.0. The second-order valence-corrected chi connectivity index (χ2v) is 8.85. The fourth-order valence-corrected chi connectivity index (χ4v) is 4.60. The van der Waals surface area contributed by atoms with Gasteiger partial charge in [0.05, 0.1) is 19.1 Å². The van der Waals surface area contributed by atoms with Crippen molar-refractivity contribution in [2.45, 2.75) is 23.2 Å². The maximum atomic E-state index is 12.9. The first-order chi connectivity index (χ1) is 14.4. The van der Waals surface area contributed by atoms with Crippen molar-refractivity contribution in [1.82, 2.24) is 4.72 Å². The van der Waals surface area contributed by atoms with Crippen molar-refractivity contribution in [3.8, 4) is 5.75 Å². The van der Waals surface area contributed by atoms with Crippen molar-refractivity contribution < 1.29 is 27.4 Å². The van der Waals surface area contributed by atoms with Crippen molar-refractivity contribution in [2.75, 3.05) is 39.3 Å². The highest BCUT2D eigenvalue weighted by Gasteiger charge is 2.35. The van der Waals surface area contributed by atoms with E-state index in [1.165, 1.54) is 31.4 Å². The molecular formula is C21H26N2O6S. The maximum Gasteiger partial charge on any atom is 0.411 e. The summed E-state index contributed by atoms with van der Waals surface area (Å²) in [5, 5.41) is 2.49. The third kappa shape index (κ3) is 5.10. The van der Waals surface area contributed by atoms with Crippen LogP contribution in [0.2, 0.25) is 0 Å².